The van der Waals surface area contributed by atoms with E-state index in [0.29, 0.717) is 31.0 Å². The zero-order valence-corrected chi connectivity index (χ0v) is 11.2. The van der Waals surface area contributed by atoms with Crippen LogP contribution in [-0.2, 0) is 9.53 Å². The van der Waals surface area contributed by atoms with Crippen LogP contribution in [0.1, 0.15) is 24.2 Å². The van der Waals surface area contributed by atoms with Gasteiger partial charge < -0.3 is 15.4 Å². The summed E-state index contributed by atoms with van der Waals surface area (Å²) in [5, 5.41) is 5.55. The van der Waals surface area contributed by atoms with Crippen LogP contribution in [0, 0.1) is 5.41 Å². The third kappa shape index (κ3) is 3.54. The molecule has 1 aliphatic rings. The lowest BCUT2D eigenvalue weighted by molar-refractivity contribution is -0.114. The van der Waals surface area contributed by atoms with E-state index >= 15 is 0 Å². The fourth-order valence-electron chi connectivity index (χ4n) is 1.89. The third-order valence-electron chi connectivity index (χ3n) is 3.02. The monoisotopic (exact) mass is 262 g/mol. The Hall–Kier alpha value is -1.88. The molecule has 0 aliphatic carbocycles. The van der Waals surface area contributed by atoms with Gasteiger partial charge in [0, 0.05) is 30.1 Å². The highest BCUT2D eigenvalue weighted by atomic mass is 16.5. The Morgan fingerprint density at radius 1 is 1.37 bits per heavy atom. The van der Waals surface area contributed by atoms with E-state index in [1.54, 1.807) is 24.3 Å². The average Bonchev–Trinajstić information content (AvgIpc) is 2.33. The summed E-state index contributed by atoms with van der Waals surface area (Å²) in [4.78, 5) is 23.0. The first-order valence-corrected chi connectivity index (χ1v) is 6.22. The van der Waals surface area contributed by atoms with E-state index in [-0.39, 0.29) is 17.2 Å². The number of anilines is 1. The van der Waals surface area contributed by atoms with Crippen LogP contribution >= 0.6 is 0 Å². The Bertz CT molecular complexity index is 495. The minimum Gasteiger partial charge on any atom is -0.380 e. The number of ether oxygens (including phenoxy) is 1. The van der Waals surface area contributed by atoms with Crippen molar-refractivity contribution in [3.8, 4) is 0 Å². The van der Waals surface area contributed by atoms with E-state index in [1.807, 2.05) is 0 Å². The SMILES string of the molecule is CC(=O)Nc1cccc(C(=O)NCC2(C)COC2)c1. The molecule has 2 rings (SSSR count). The summed E-state index contributed by atoms with van der Waals surface area (Å²) in [5.41, 5.74) is 1.21. The highest BCUT2D eigenvalue weighted by Crippen LogP contribution is 2.25. The van der Waals surface area contributed by atoms with Gasteiger partial charge in [0.2, 0.25) is 5.91 Å². The minimum absolute atomic E-state index is 0.0465. The summed E-state index contributed by atoms with van der Waals surface area (Å²) in [5.74, 6) is -0.294. The van der Waals surface area contributed by atoms with E-state index in [4.69, 9.17) is 4.74 Å². The number of nitrogens with one attached hydrogen (secondary N) is 2. The molecule has 1 aliphatic heterocycles. The first-order chi connectivity index (χ1) is 8.98. The molecule has 1 fully saturated rings. The lowest BCUT2D eigenvalue weighted by Crippen LogP contribution is -2.48. The molecule has 1 heterocycles. The maximum absolute atomic E-state index is 12.0. The van der Waals surface area contributed by atoms with Crippen molar-refractivity contribution in [2.24, 2.45) is 5.41 Å². The molecule has 0 saturated carbocycles. The fourth-order valence-corrected chi connectivity index (χ4v) is 1.89. The topological polar surface area (TPSA) is 67.4 Å². The zero-order valence-electron chi connectivity index (χ0n) is 11.2. The number of hydrogen-bond donors (Lipinski definition) is 2. The smallest absolute Gasteiger partial charge is 0.251 e. The molecule has 0 unspecified atom stereocenters. The largest absolute Gasteiger partial charge is 0.380 e. The molecule has 5 heteroatoms. The third-order valence-corrected chi connectivity index (χ3v) is 3.02. The van der Waals surface area contributed by atoms with Crippen LogP contribution in [0.3, 0.4) is 0 Å². The number of carbonyl (C=O) groups is 2. The van der Waals surface area contributed by atoms with Crippen molar-refractivity contribution in [3.05, 3.63) is 29.8 Å². The predicted molar refractivity (Wildman–Crippen MR) is 72.0 cm³/mol. The molecule has 5 nitrogen and oxygen atoms in total. The zero-order chi connectivity index (χ0) is 13.9. The highest BCUT2D eigenvalue weighted by molar-refractivity contribution is 5.96. The van der Waals surface area contributed by atoms with Crippen LogP contribution in [0.2, 0.25) is 0 Å². The lowest BCUT2D eigenvalue weighted by Gasteiger charge is -2.38. The van der Waals surface area contributed by atoms with Gasteiger partial charge in [-0.2, -0.15) is 0 Å². The van der Waals surface area contributed by atoms with Crippen molar-refractivity contribution < 1.29 is 14.3 Å². The second-order valence-electron chi connectivity index (χ2n) is 5.25. The van der Waals surface area contributed by atoms with Gasteiger partial charge in [-0.05, 0) is 18.2 Å². The summed E-state index contributed by atoms with van der Waals surface area (Å²) >= 11 is 0. The summed E-state index contributed by atoms with van der Waals surface area (Å²) in [6.45, 7) is 5.46. The van der Waals surface area contributed by atoms with Crippen LogP contribution in [0.5, 0.6) is 0 Å². The molecule has 102 valence electrons. The Kier molecular flexibility index (Phi) is 3.85. The molecule has 0 bridgehead atoms. The van der Waals surface area contributed by atoms with Crippen molar-refractivity contribution in [2.75, 3.05) is 25.1 Å². The van der Waals surface area contributed by atoms with Crippen LogP contribution in [-0.4, -0.2) is 31.6 Å². The molecular formula is C14H18N2O3. The molecule has 2 amide bonds. The summed E-state index contributed by atoms with van der Waals surface area (Å²) < 4.78 is 5.14. The van der Waals surface area contributed by atoms with Crippen molar-refractivity contribution >= 4 is 17.5 Å². The lowest BCUT2D eigenvalue weighted by atomic mass is 9.88. The summed E-state index contributed by atoms with van der Waals surface area (Å²) in [6.07, 6.45) is 0. The van der Waals surface area contributed by atoms with Gasteiger partial charge in [0.1, 0.15) is 0 Å². The molecule has 0 aromatic heterocycles. The van der Waals surface area contributed by atoms with Crippen molar-refractivity contribution in [1.82, 2.24) is 5.32 Å². The number of carbonyl (C=O) groups excluding carboxylic acids is 2. The first kappa shape index (κ1) is 13.5. The fraction of sp³-hybridized carbons (Fsp3) is 0.429. The highest BCUT2D eigenvalue weighted by Gasteiger charge is 2.33. The second-order valence-corrected chi connectivity index (χ2v) is 5.25. The van der Waals surface area contributed by atoms with Gasteiger partial charge in [-0.1, -0.05) is 13.0 Å². The molecule has 0 atom stereocenters. The molecular weight excluding hydrogens is 244 g/mol. The quantitative estimate of drug-likeness (QED) is 0.862. The van der Waals surface area contributed by atoms with Gasteiger partial charge in [0.05, 0.1) is 13.2 Å². The van der Waals surface area contributed by atoms with Crippen LogP contribution in [0.4, 0.5) is 5.69 Å². The van der Waals surface area contributed by atoms with Gasteiger partial charge in [0.25, 0.3) is 5.91 Å². The van der Waals surface area contributed by atoms with Crippen molar-refractivity contribution in [2.45, 2.75) is 13.8 Å². The maximum Gasteiger partial charge on any atom is 0.251 e. The van der Waals surface area contributed by atoms with Crippen molar-refractivity contribution in [3.63, 3.8) is 0 Å². The molecule has 0 spiro atoms. The second kappa shape index (κ2) is 5.40. The van der Waals surface area contributed by atoms with Gasteiger partial charge in [0.15, 0.2) is 0 Å². The number of benzene rings is 1. The van der Waals surface area contributed by atoms with Gasteiger partial charge in [-0.25, -0.2) is 0 Å². The van der Waals surface area contributed by atoms with Gasteiger partial charge >= 0.3 is 0 Å². The Balaban J connectivity index is 1.96. The maximum atomic E-state index is 12.0. The number of amides is 2. The standard InChI is InChI=1S/C14H18N2O3/c1-10(17)16-12-5-3-4-11(6-12)13(18)15-7-14(2)8-19-9-14/h3-6H,7-9H2,1-2H3,(H,15,18)(H,16,17). The Labute approximate surface area is 112 Å². The molecule has 1 aromatic rings. The molecule has 0 radical (unpaired) electrons. The van der Waals surface area contributed by atoms with E-state index < -0.39 is 0 Å². The predicted octanol–water partition coefficient (Wildman–Crippen LogP) is 1.41. The normalized spacial score (nSPS) is 16.3. The molecule has 19 heavy (non-hydrogen) atoms. The summed E-state index contributed by atoms with van der Waals surface area (Å²) in [6, 6.07) is 6.88. The van der Waals surface area contributed by atoms with Crippen LogP contribution in [0.25, 0.3) is 0 Å². The Morgan fingerprint density at radius 3 is 2.68 bits per heavy atom. The average molecular weight is 262 g/mol. The van der Waals surface area contributed by atoms with E-state index in [9.17, 15) is 9.59 Å². The van der Waals surface area contributed by atoms with E-state index in [2.05, 4.69) is 17.6 Å². The number of hydrogen-bond acceptors (Lipinski definition) is 3. The molecule has 1 aromatic carbocycles. The van der Waals surface area contributed by atoms with E-state index in [0.717, 1.165) is 0 Å². The summed E-state index contributed by atoms with van der Waals surface area (Å²) in [7, 11) is 0. The van der Waals surface area contributed by atoms with Gasteiger partial charge in [-0.15, -0.1) is 0 Å². The van der Waals surface area contributed by atoms with Crippen molar-refractivity contribution in [1.29, 1.82) is 0 Å². The van der Waals surface area contributed by atoms with Crippen LogP contribution in [0.15, 0.2) is 24.3 Å². The first-order valence-electron chi connectivity index (χ1n) is 6.22. The van der Waals surface area contributed by atoms with E-state index in [1.165, 1.54) is 6.92 Å². The van der Waals surface area contributed by atoms with Gasteiger partial charge in [-0.3, -0.25) is 9.59 Å². The molecule has 2 N–H and O–H groups in total. The minimum atomic E-state index is -0.156. The molecule has 1 saturated heterocycles. The Morgan fingerprint density at radius 2 is 2.11 bits per heavy atom. The number of rotatable bonds is 4. The van der Waals surface area contributed by atoms with Crippen LogP contribution < -0.4 is 10.6 Å².